The minimum Gasteiger partial charge on any atom is -0.436 e. The highest BCUT2D eigenvalue weighted by molar-refractivity contribution is 5.78. The molecular formula is C18H15FN4O4. The van der Waals surface area contributed by atoms with Crippen molar-refractivity contribution >= 4 is 5.91 Å². The second-order valence-electron chi connectivity index (χ2n) is 5.57. The number of rotatable bonds is 6. The number of ether oxygens (including phenoxy) is 1. The highest BCUT2D eigenvalue weighted by Gasteiger charge is 2.12. The highest BCUT2D eigenvalue weighted by atomic mass is 19.1. The van der Waals surface area contributed by atoms with Crippen molar-refractivity contribution in [2.75, 3.05) is 0 Å². The zero-order chi connectivity index (χ0) is 19.2. The molecule has 0 saturated carbocycles. The van der Waals surface area contributed by atoms with Gasteiger partial charge >= 0.3 is 0 Å². The van der Waals surface area contributed by atoms with Crippen molar-refractivity contribution < 1.29 is 13.9 Å². The Balaban J connectivity index is 1.68. The molecule has 9 heteroatoms. The maximum atomic E-state index is 13.8. The lowest BCUT2D eigenvalue weighted by Crippen LogP contribution is -2.29. The van der Waals surface area contributed by atoms with E-state index >= 15 is 0 Å². The van der Waals surface area contributed by atoms with E-state index in [9.17, 15) is 18.8 Å². The Morgan fingerprint density at radius 3 is 2.74 bits per heavy atom. The number of benzene rings is 1. The minimum atomic E-state index is -0.547. The van der Waals surface area contributed by atoms with E-state index in [1.54, 1.807) is 18.2 Å². The molecule has 138 valence electrons. The summed E-state index contributed by atoms with van der Waals surface area (Å²) in [5, 5.41) is 6.89. The number of aromatic amines is 2. The minimum absolute atomic E-state index is 0.0128. The summed E-state index contributed by atoms with van der Waals surface area (Å²) < 4.78 is 19.2. The molecule has 0 spiro atoms. The van der Waals surface area contributed by atoms with E-state index in [4.69, 9.17) is 4.74 Å². The van der Waals surface area contributed by atoms with Gasteiger partial charge in [0.25, 0.3) is 11.1 Å². The van der Waals surface area contributed by atoms with E-state index in [1.807, 2.05) is 0 Å². The maximum Gasteiger partial charge on any atom is 0.266 e. The summed E-state index contributed by atoms with van der Waals surface area (Å²) in [4.78, 5) is 39.0. The normalized spacial score (nSPS) is 10.4. The van der Waals surface area contributed by atoms with Gasteiger partial charge in [0.1, 0.15) is 0 Å². The fraction of sp³-hybridized carbons (Fsp3) is 0.111. The third-order valence-electron chi connectivity index (χ3n) is 3.62. The van der Waals surface area contributed by atoms with Gasteiger partial charge in [-0.2, -0.15) is 0 Å². The number of H-pyrrole nitrogens is 2. The van der Waals surface area contributed by atoms with Crippen molar-refractivity contribution in [3.8, 4) is 11.6 Å². The lowest BCUT2D eigenvalue weighted by Gasteiger charge is -2.11. The van der Waals surface area contributed by atoms with Gasteiger partial charge in [-0.3, -0.25) is 24.6 Å². The van der Waals surface area contributed by atoms with Crippen LogP contribution in [0.4, 0.5) is 4.39 Å². The zero-order valence-electron chi connectivity index (χ0n) is 14.0. The van der Waals surface area contributed by atoms with E-state index in [0.29, 0.717) is 5.56 Å². The second-order valence-corrected chi connectivity index (χ2v) is 5.57. The quantitative estimate of drug-likeness (QED) is 0.604. The molecule has 0 unspecified atom stereocenters. The van der Waals surface area contributed by atoms with E-state index in [1.165, 1.54) is 24.4 Å². The number of carbonyl (C=O) groups is 1. The van der Waals surface area contributed by atoms with Gasteiger partial charge in [-0.05, 0) is 18.2 Å². The molecule has 8 nitrogen and oxygen atoms in total. The number of pyridine rings is 1. The number of amides is 1. The van der Waals surface area contributed by atoms with Crippen LogP contribution in [0.2, 0.25) is 0 Å². The Morgan fingerprint density at radius 2 is 1.93 bits per heavy atom. The van der Waals surface area contributed by atoms with Crippen LogP contribution in [0.25, 0.3) is 0 Å². The van der Waals surface area contributed by atoms with Crippen LogP contribution in [-0.4, -0.2) is 21.1 Å². The number of nitrogens with zero attached hydrogens (tertiary/aromatic N) is 1. The summed E-state index contributed by atoms with van der Waals surface area (Å²) >= 11 is 0. The molecule has 0 atom stereocenters. The summed E-state index contributed by atoms with van der Waals surface area (Å²) in [5.41, 5.74) is -0.487. The average molecular weight is 370 g/mol. The largest absolute Gasteiger partial charge is 0.436 e. The third kappa shape index (κ3) is 4.66. The van der Waals surface area contributed by atoms with Crippen molar-refractivity contribution in [1.29, 1.82) is 0 Å². The van der Waals surface area contributed by atoms with E-state index in [2.05, 4.69) is 20.5 Å². The lowest BCUT2D eigenvalue weighted by atomic mass is 10.2. The molecule has 0 radical (unpaired) electrons. The molecule has 2 heterocycles. The van der Waals surface area contributed by atoms with Crippen LogP contribution >= 0.6 is 0 Å². The van der Waals surface area contributed by atoms with Crippen LogP contribution in [0, 0.1) is 5.82 Å². The molecule has 0 aliphatic rings. The van der Waals surface area contributed by atoms with Gasteiger partial charge in [-0.25, -0.2) is 9.37 Å². The smallest absolute Gasteiger partial charge is 0.266 e. The monoisotopic (exact) mass is 370 g/mol. The van der Waals surface area contributed by atoms with E-state index in [-0.39, 0.29) is 30.2 Å². The first-order chi connectivity index (χ1) is 13.0. The number of carbonyl (C=O) groups excluding carboxylic acids is 1. The molecule has 0 aliphatic carbocycles. The summed E-state index contributed by atoms with van der Waals surface area (Å²) in [5.74, 6) is -0.839. The summed E-state index contributed by atoms with van der Waals surface area (Å²) in [6.07, 6.45) is 1.22. The average Bonchev–Trinajstić information content (AvgIpc) is 2.66. The topological polar surface area (TPSA) is 117 Å². The van der Waals surface area contributed by atoms with Gasteiger partial charge in [0, 0.05) is 29.9 Å². The van der Waals surface area contributed by atoms with Gasteiger partial charge in [-0.1, -0.05) is 18.2 Å². The van der Waals surface area contributed by atoms with Crippen molar-refractivity contribution in [1.82, 2.24) is 20.5 Å². The SMILES string of the molecule is O=C(Cc1cc(=O)[nH][nH]c1=O)NCc1cccnc1Oc1ccccc1F. The van der Waals surface area contributed by atoms with Crippen molar-refractivity contribution in [2.45, 2.75) is 13.0 Å². The third-order valence-corrected chi connectivity index (χ3v) is 3.62. The predicted molar refractivity (Wildman–Crippen MR) is 93.9 cm³/mol. The van der Waals surface area contributed by atoms with Crippen molar-refractivity contribution in [2.24, 2.45) is 0 Å². The number of hydrogen-bond donors (Lipinski definition) is 3. The molecule has 1 amide bonds. The number of halogens is 1. The Morgan fingerprint density at radius 1 is 1.11 bits per heavy atom. The van der Waals surface area contributed by atoms with Gasteiger partial charge in [0.05, 0.1) is 6.42 Å². The Bertz CT molecular complexity index is 1080. The van der Waals surface area contributed by atoms with Crippen molar-refractivity contribution in [3.05, 3.63) is 86.3 Å². The molecule has 0 fully saturated rings. The molecule has 0 saturated heterocycles. The molecule has 0 aliphatic heterocycles. The molecule has 3 rings (SSSR count). The van der Waals surface area contributed by atoms with Gasteiger partial charge in [0.2, 0.25) is 11.8 Å². The number of para-hydroxylation sites is 1. The number of aromatic nitrogens is 3. The molecule has 2 aromatic heterocycles. The van der Waals surface area contributed by atoms with Crippen LogP contribution in [-0.2, 0) is 17.8 Å². The Labute approximate surface area is 152 Å². The molecule has 0 bridgehead atoms. The summed E-state index contributed by atoms with van der Waals surface area (Å²) in [6.45, 7) is 0.0531. The second kappa shape index (κ2) is 8.09. The van der Waals surface area contributed by atoms with Crippen LogP contribution < -0.4 is 21.2 Å². The number of hydrogen-bond acceptors (Lipinski definition) is 5. The van der Waals surface area contributed by atoms with Crippen molar-refractivity contribution in [3.63, 3.8) is 0 Å². The number of nitrogens with one attached hydrogen (secondary N) is 3. The van der Waals surface area contributed by atoms with E-state index in [0.717, 1.165) is 6.07 Å². The first kappa shape index (κ1) is 18.1. The van der Waals surface area contributed by atoms with Crippen LogP contribution in [0.15, 0.2) is 58.3 Å². The Hall–Kier alpha value is -3.75. The first-order valence-electron chi connectivity index (χ1n) is 7.97. The molecular weight excluding hydrogens is 355 g/mol. The predicted octanol–water partition coefficient (Wildman–Crippen LogP) is 1.25. The first-order valence-corrected chi connectivity index (χ1v) is 7.97. The fourth-order valence-corrected chi connectivity index (χ4v) is 2.30. The van der Waals surface area contributed by atoms with Gasteiger partial charge in [0.15, 0.2) is 11.6 Å². The highest BCUT2D eigenvalue weighted by Crippen LogP contribution is 2.25. The van der Waals surface area contributed by atoms with Gasteiger partial charge < -0.3 is 10.1 Å². The lowest BCUT2D eigenvalue weighted by molar-refractivity contribution is -0.120. The molecule has 1 aromatic carbocycles. The van der Waals surface area contributed by atoms with Gasteiger partial charge in [-0.15, -0.1) is 0 Å². The summed E-state index contributed by atoms with van der Waals surface area (Å²) in [7, 11) is 0. The molecule has 3 N–H and O–H groups in total. The van der Waals surface area contributed by atoms with Crippen LogP contribution in [0.1, 0.15) is 11.1 Å². The Kier molecular flexibility index (Phi) is 5.41. The fourth-order valence-electron chi connectivity index (χ4n) is 2.30. The standard InChI is InChI=1S/C18H15FN4O4/c19-13-5-1-2-6-14(13)27-18-11(4-3-7-20-18)10-21-15(24)8-12-9-16(25)22-23-17(12)26/h1-7,9H,8,10H2,(H,21,24)(H,22,25)(H,23,26). The zero-order valence-corrected chi connectivity index (χ0v) is 14.0. The summed E-state index contributed by atoms with van der Waals surface area (Å²) in [6, 6.07) is 10.3. The van der Waals surface area contributed by atoms with Crippen LogP contribution in [0.5, 0.6) is 11.6 Å². The van der Waals surface area contributed by atoms with Crippen LogP contribution in [0.3, 0.4) is 0 Å². The molecule has 27 heavy (non-hydrogen) atoms. The van der Waals surface area contributed by atoms with E-state index < -0.39 is 22.8 Å². The maximum absolute atomic E-state index is 13.8. The molecule has 3 aromatic rings.